The van der Waals surface area contributed by atoms with Crippen molar-refractivity contribution in [2.75, 3.05) is 10.6 Å². The van der Waals surface area contributed by atoms with Crippen molar-refractivity contribution in [3.63, 3.8) is 0 Å². The Morgan fingerprint density at radius 1 is 1.00 bits per heavy atom. The van der Waals surface area contributed by atoms with Crippen LogP contribution in [0.15, 0.2) is 67.5 Å². The number of carbonyl (C=O) groups excluding carboxylic acids is 1. The average Bonchev–Trinajstić information content (AvgIpc) is 3.20. The number of aryl methyl sites for hydroxylation is 1. The number of hydrogen-bond acceptors (Lipinski definition) is 6. The molecule has 4 heterocycles. The van der Waals surface area contributed by atoms with Crippen molar-refractivity contribution in [2.45, 2.75) is 13.1 Å². The first-order chi connectivity index (χ1) is 15.3. The quantitative estimate of drug-likeness (QED) is 0.479. The Kier molecular flexibility index (Phi) is 5.54. The van der Waals surface area contributed by atoms with E-state index in [-0.39, 0.29) is 17.2 Å². The monoisotopic (exact) mass is 439 g/mol. The lowest BCUT2D eigenvalue weighted by molar-refractivity contribution is -0.137. The number of nitrogens with one attached hydrogen (secondary N) is 2. The third-order valence-electron chi connectivity index (χ3n) is 4.33. The van der Waals surface area contributed by atoms with Gasteiger partial charge in [0.15, 0.2) is 0 Å². The molecule has 0 unspecified atom stereocenters. The van der Waals surface area contributed by atoms with Crippen molar-refractivity contribution in [1.82, 2.24) is 24.7 Å². The maximum Gasteiger partial charge on any atom is 0.417 e. The fourth-order valence-electron chi connectivity index (χ4n) is 2.79. The second-order valence-electron chi connectivity index (χ2n) is 6.83. The highest BCUT2D eigenvalue weighted by atomic mass is 19.4. The Hall–Kier alpha value is -4.28. The zero-order valence-electron chi connectivity index (χ0n) is 16.6. The Morgan fingerprint density at radius 2 is 1.84 bits per heavy atom. The van der Waals surface area contributed by atoms with E-state index >= 15 is 0 Å². The Balaban J connectivity index is 1.47. The number of carbonyl (C=O) groups is 1. The van der Waals surface area contributed by atoms with Crippen molar-refractivity contribution >= 4 is 23.2 Å². The fourth-order valence-corrected chi connectivity index (χ4v) is 2.79. The van der Waals surface area contributed by atoms with Gasteiger partial charge in [-0.3, -0.25) is 9.78 Å². The van der Waals surface area contributed by atoms with Gasteiger partial charge in [0.05, 0.1) is 35.5 Å². The molecule has 1 amide bonds. The molecule has 162 valence electrons. The van der Waals surface area contributed by atoms with Gasteiger partial charge in [-0.05, 0) is 42.8 Å². The molecule has 4 aromatic rings. The number of nitrogens with zero attached hydrogens (tertiary/aromatic N) is 5. The lowest BCUT2D eigenvalue weighted by Crippen LogP contribution is -2.13. The second-order valence-corrected chi connectivity index (χ2v) is 6.83. The highest BCUT2D eigenvalue weighted by Gasteiger charge is 2.30. The maximum absolute atomic E-state index is 12.7. The molecule has 2 N–H and O–H groups in total. The van der Waals surface area contributed by atoms with E-state index in [0.717, 1.165) is 17.8 Å². The molecule has 32 heavy (non-hydrogen) atoms. The summed E-state index contributed by atoms with van der Waals surface area (Å²) in [4.78, 5) is 24.6. The number of aromatic nitrogens is 5. The molecule has 0 atom stereocenters. The van der Waals surface area contributed by atoms with Crippen LogP contribution in [0.3, 0.4) is 0 Å². The topological polar surface area (TPSA) is 97.6 Å². The van der Waals surface area contributed by atoms with Gasteiger partial charge in [0.1, 0.15) is 11.6 Å². The number of alkyl halides is 3. The van der Waals surface area contributed by atoms with Gasteiger partial charge in [0, 0.05) is 24.2 Å². The van der Waals surface area contributed by atoms with Crippen LogP contribution in [0.2, 0.25) is 0 Å². The average molecular weight is 439 g/mol. The first kappa shape index (κ1) is 21.0. The number of pyridine rings is 3. The zero-order valence-corrected chi connectivity index (χ0v) is 16.6. The van der Waals surface area contributed by atoms with Crippen LogP contribution in [0.5, 0.6) is 0 Å². The molecule has 0 aliphatic rings. The lowest BCUT2D eigenvalue weighted by atomic mass is 10.2. The van der Waals surface area contributed by atoms with E-state index in [2.05, 4.69) is 30.7 Å². The molecule has 0 saturated carbocycles. The van der Waals surface area contributed by atoms with Crippen LogP contribution < -0.4 is 10.6 Å². The van der Waals surface area contributed by atoms with Crippen LogP contribution in [-0.2, 0) is 6.18 Å². The van der Waals surface area contributed by atoms with E-state index in [4.69, 9.17) is 0 Å². The molecule has 4 rings (SSSR count). The van der Waals surface area contributed by atoms with Crippen LogP contribution in [0.4, 0.5) is 30.5 Å². The molecule has 0 radical (unpaired) electrons. The zero-order chi connectivity index (χ0) is 22.7. The molecule has 0 aliphatic carbocycles. The van der Waals surface area contributed by atoms with Gasteiger partial charge in [-0.2, -0.15) is 18.3 Å². The summed E-state index contributed by atoms with van der Waals surface area (Å²) in [6.07, 6.45) is 4.32. The standard InChI is InChI=1S/C21H16F3N7O/c1-13-8-28-31(12-13)17-7-16(10-25-11-17)29-20(32)14-4-5-26-19(6-14)30-18-3-2-15(9-27-18)21(22,23)24/h2-12H,1H3,(H,29,32)(H,26,27,30). The predicted molar refractivity (Wildman–Crippen MR) is 111 cm³/mol. The molecule has 0 aliphatic heterocycles. The van der Waals surface area contributed by atoms with Gasteiger partial charge in [-0.1, -0.05) is 0 Å². The van der Waals surface area contributed by atoms with Crippen LogP contribution in [-0.4, -0.2) is 30.6 Å². The van der Waals surface area contributed by atoms with Crippen molar-refractivity contribution in [3.05, 3.63) is 84.2 Å². The van der Waals surface area contributed by atoms with Crippen molar-refractivity contribution < 1.29 is 18.0 Å². The summed E-state index contributed by atoms with van der Waals surface area (Å²) < 4.78 is 39.6. The van der Waals surface area contributed by atoms with E-state index in [9.17, 15) is 18.0 Å². The summed E-state index contributed by atoms with van der Waals surface area (Å²) in [5.41, 5.74) is 1.57. The molecular formula is C21H16F3N7O. The number of amides is 1. The smallest absolute Gasteiger partial charge is 0.325 e. The summed E-state index contributed by atoms with van der Waals surface area (Å²) in [6.45, 7) is 1.91. The molecule has 0 aromatic carbocycles. The number of anilines is 3. The third-order valence-corrected chi connectivity index (χ3v) is 4.33. The van der Waals surface area contributed by atoms with Gasteiger partial charge in [0.2, 0.25) is 0 Å². The van der Waals surface area contributed by atoms with E-state index in [1.54, 1.807) is 23.1 Å². The molecule has 0 saturated heterocycles. The summed E-state index contributed by atoms with van der Waals surface area (Å²) in [5, 5.41) is 9.75. The van der Waals surface area contributed by atoms with Gasteiger partial charge in [-0.15, -0.1) is 0 Å². The van der Waals surface area contributed by atoms with E-state index < -0.39 is 17.6 Å². The van der Waals surface area contributed by atoms with E-state index in [0.29, 0.717) is 11.4 Å². The minimum Gasteiger partial charge on any atom is -0.325 e. The molecule has 0 spiro atoms. The van der Waals surface area contributed by atoms with E-state index in [1.165, 1.54) is 30.6 Å². The Morgan fingerprint density at radius 3 is 2.53 bits per heavy atom. The van der Waals surface area contributed by atoms with Crippen molar-refractivity contribution in [3.8, 4) is 5.69 Å². The lowest BCUT2D eigenvalue weighted by Gasteiger charge is -2.10. The highest BCUT2D eigenvalue weighted by molar-refractivity contribution is 6.04. The van der Waals surface area contributed by atoms with Crippen molar-refractivity contribution in [2.24, 2.45) is 0 Å². The van der Waals surface area contributed by atoms with Crippen LogP contribution >= 0.6 is 0 Å². The second kappa shape index (κ2) is 8.46. The molecular weight excluding hydrogens is 423 g/mol. The number of hydrogen-bond donors (Lipinski definition) is 2. The number of rotatable bonds is 5. The molecule has 0 fully saturated rings. The number of halogens is 3. The minimum atomic E-state index is -4.47. The predicted octanol–water partition coefficient (Wildman–Crippen LogP) is 4.38. The van der Waals surface area contributed by atoms with Crippen molar-refractivity contribution in [1.29, 1.82) is 0 Å². The summed E-state index contributed by atoms with van der Waals surface area (Å²) >= 11 is 0. The highest BCUT2D eigenvalue weighted by Crippen LogP contribution is 2.29. The maximum atomic E-state index is 12.7. The van der Waals surface area contributed by atoms with Crippen LogP contribution in [0.25, 0.3) is 5.69 Å². The first-order valence-corrected chi connectivity index (χ1v) is 9.32. The minimum absolute atomic E-state index is 0.162. The SMILES string of the molecule is Cc1cnn(-c2cncc(NC(=O)c3ccnc(Nc4ccc(C(F)(F)F)cn4)c3)c2)c1. The molecule has 4 aromatic heterocycles. The molecule has 11 heteroatoms. The molecule has 0 bridgehead atoms. The largest absolute Gasteiger partial charge is 0.417 e. The Bertz CT molecular complexity index is 1250. The first-order valence-electron chi connectivity index (χ1n) is 9.32. The fraction of sp³-hybridized carbons (Fsp3) is 0.0952. The van der Waals surface area contributed by atoms with Crippen LogP contribution in [0, 0.1) is 6.92 Å². The normalized spacial score (nSPS) is 11.2. The summed E-state index contributed by atoms with van der Waals surface area (Å²) in [5.74, 6) is 0.00435. The van der Waals surface area contributed by atoms with Gasteiger partial charge >= 0.3 is 6.18 Å². The van der Waals surface area contributed by atoms with Gasteiger partial charge in [-0.25, -0.2) is 14.6 Å². The third kappa shape index (κ3) is 4.89. The van der Waals surface area contributed by atoms with E-state index in [1.807, 2.05) is 13.1 Å². The summed E-state index contributed by atoms with van der Waals surface area (Å²) in [6, 6.07) is 6.79. The van der Waals surface area contributed by atoms with Gasteiger partial charge < -0.3 is 10.6 Å². The summed E-state index contributed by atoms with van der Waals surface area (Å²) in [7, 11) is 0. The molecule has 8 nitrogen and oxygen atoms in total. The van der Waals surface area contributed by atoms with Gasteiger partial charge in [0.25, 0.3) is 5.91 Å². The van der Waals surface area contributed by atoms with Crippen LogP contribution in [0.1, 0.15) is 21.5 Å². The Labute approximate surface area is 180 Å².